The minimum Gasteiger partial charge on any atom is -0.497 e. The van der Waals surface area contributed by atoms with Gasteiger partial charge in [-0.2, -0.15) is 0 Å². The molecule has 1 aliphatic carbocycles. The molecule has 2 aromatic carbocycles. The number of ether oxygens (including phenoxy) is 3. The molecule has 0 radical (unpaired) electrons. The van der Waals surface area contributed by atoms with Crippen molar-refractivity contribution in [2.24, 2.45) is 0 Å². The maximum atomic E-state index is 13.2. The lowest BCUT2D eigenvalue weighted by molar-refractivity contribution is -0.133. The van der Waals surface area contributed by atoms with Crippen molar-refractivity contribution in [2.75, 3.05) is 34.0 Å². The van der Waals surface area contributed by atoms with Gasteiger partial charge in [-0.15, -0.1) is 0 Å². The highest BCUT2D eigenvalue weighted by molar-refractivity contribution is 5.78. The number of rotatable bonds is 6. The van der Waals surface area contributed by atoms with Crippen molar-refractivity contribution in [1.29, 1.82) is 0 Å². The van der Waals surface area contributed by atoms with E-state index in [1.54, 1.807) is 7.11 Å². The largest absolute Gasteiger partial charge is 0.497 e. The molecule has 2 heterocycles. The summed E-state index contributed by atoms with van der Waals surface area (Å²) in [6, 6.07) is 15.1. The lowest BCUT2D eigenvalue weighted by Crippen LogP contribution is -2.42. The number of methoxy groups -OCH3 is 1. The predicted molar refractivity (Wildman–Crippen MR) is 122 cm³/mol. The van der Waals surface area contributed by atoms with Crippen LogP contribution in [0.4, 0.5) is 0 Å². The van der Waals surface area contributed by atoms with Crippen molar-refractivity contribution in [2.45, 2.75) is 50.1 Å². The van der Waals surface area contributed by atoms with Gasteiger partial charge in [0, 0.05) is 25.7 Å². The summed E-state index contributed by atoms with van der Waals surface area (Å²) in [5.74, 6) is 3.04. The van der Waals surface area contributed by atoms with Crippen LogP contribution >= 0.6 is 0 Å². The molecule has 5 rings (SSSR count). The quantitative estimate of drug-likeness (QED) is 0.674. The Hall–Kier alpha value is -2.73. The number of likely N-dealkylation sites (N-methyl/N-ethyl adjacent to an activating group) is 1. The highest BCUT2D eigenvalue weighted by Gasteiger charge is 2.36. The number of amides is 1. The first-order chi connectivity index (χ1) is 15.6. The third kappa shape index (κ3) is 4.16. The van der Waals surface area contributed by atoms with Crippen LogP contribution in [0.2, 0.25) is 0 Å². The molecule has 0 bridgehead atoms. The van der Waals surface area contributed by atoms with Crippen molar-refractivity contribution in [3.8, 4) is 17.2 Å². The van der Waals surface area contributed by atoms with Gasteiger partial charge in [-0.3, -0.25) is 9.69 Å². The zero-order valence-electron chi connectivity index (χ0n) is 19.0. The van der Waals surface area contributed by atoms with Gasteiger partial charge in [0.05, 0.1) is 13.7 Å². The predicted octanol–water partition coefficient (Wildman–Crippen LogP) is 4.36. The highest BCUT2D eigenvalue weighted by Crippen LogP contribution is 2.43. The number of carbonyl (C=O) groups is 1. The van der Waals surface area contributed by atoms with Gasteiger partial charge in [-0.1, -0.05) is 31.0 Å². The maximum Gasteiger partial charge on any atom is 0.236 e. The molecule has 1 saturated carbocycles. The average molecular weight is 437 g/mol. The minimum absolute atomic E-state index is 0.192. The Bertz CT molecular complexity index is 955. The number of nitrogens with zero attached hydrogens (tertiary/aromatic N) is 2. The van der Waals surface area contributed by atoms with Gasteiger partial charge in [-0.05, 0) is 60.6 Å². The highest BCUT2D eigenvalue weighted by atomic mass is 16.7. The molecule has 1 amide bonds. The van der Waals surface area contributed by atoms with Gasteiger partial charge in [0.1, 0.15) is 5.75 Å². The first-order valence-corrected chi connectivity index (χ1v) is 11.7. The van der Waals surface area contributed by atoms with Gasteiger partial charge < -0.3 is 19.1 Å². The number of likely N-dealkylation sites (tertiary alicyclic amines) is 1. The molecule has 32 heavy (non-hydrogen) atoms. The lowest BCUT2D eigenvalue weighted by atomic mass is 9.93. The fraction of sp³-hybridized carbons (Fsp3) is 0.500. The molecule has 6 nitrogen and oxygen atoms in total. The topological polar surface area (TPSA) is 51.2 Å². The molecule has 170 valence electrons. The Labute approximate surface area is 190 Å². The van der Waals surface area contributed by atoms with E-state index in [9.17, 15) is 4.79 Å². The number of fused-ring (bicyclic) bond motifs is 1. The van der Waals surface area contributed by atoms with E-state index in [-0.39, 0.29) is 18.7 Å². The summed E-state index contributed by atoms with van der Waals surface area (Å²) in [5.41, 5.74) is 2.47. The molecule has 0 spiro atoms. The Morgan fingerprint density at radius 3 is 2.53 bits per heavy atom. The fourth-order valence-corrected chi connectivity index (χ4v) is 5.44. The second kappa shape index (κ2) is 9.02. The van der Waals surface area contributed by atoms with Crippen LogP contribution < -0.4 is 14.2 Å². The van der Waals surface area contributed by atoms with E-state index in [1.807, 2.05) is 30.1 Å². The zero-order chi connectivity index (χ0) is 22.1. The number of hydrogen-bond acceptors (Lipinski definition) is 5. The van der Waals surface area contributed by atoms with Crippen molar-refractivity contribution in [1.82, 2.24) is 9.80 Å². The van der Waals surface area contributed by atoms with Gasteiger partial charge in [-0.25, -0.2) is 0 Å². The Morgan fingerprint density at radius 2 is 1.78 bits per heavy atom. The standard InChI is InChI=1S/C26H32N2O4/c1-27(21-5-3-4-6-21)26(29)16-28-15-20(19-9-12-24-25(14-19)32-17-31-24)13-23(28)18-7-10-22(30-2)11-8-18/h7-12,14,20-21,23H,3-6,13,15-17H2,1-2H3/t20-,23+/m0/s1. The summed E-state index contributed by atoms with van der Waals surface area (Å²) in [7, 11) is 3.66. The molecule has 2 aromatic rings. The maximum absolute atomic E-state index is 13.2. The van der Waals surface area contributed by atoms with Crippen LogP contribution in [-0.2, 0) is 4.79 Å². The van der Waals surface area contributed by atoms with Crippen LogP contribution in [0.5, 0.6) is 17.2 Å². The summed E-state index contributed by atoms with van der Waals surface area (Å²) in [6.07, 6.45) is 5.68. The van der Waals surface area contributed by atoms with Crippen molar-refractivity contribution >= 4 is 5.91 Å². The van der Waals surface area contributed by atoms with Crippen molar-refractivity contribution in [3.05, 3.63) is 53.6 Å². The molecule has 2 fully saturated rings. The van der Waals surface area contributed by atoms with Crippen LogP contribution in [0.3, 0.4) is 0 Å². The van der Waals surface area contributed by atoms with Crippen LogP contribution in [0, 0.1) is 0 Å². The van der Waals surface area contributed by atoms with Gasteiger partial charge in [0.15, 0.2) is 11.5 Å². The lowest BCUT2D eigenvalue weighted by Gasteiger charge is -2.29. The first-order valence-electron chi connectivity index (χ1n) is 11.7. The SMILES string of the molecule is COc1ccc([C@H]2C[C@H](c3ccc4c(c3)OCO4)CN2CC(=O)N(C)C2CCCC2)cc1. The van der Waals surface area contributed by atoms with Crippen molar-refractivity contribution < 1.29 is 19.0 Å². The zero-order valence-corrected chi connectivity index (χ0v) is 19.0. The Kier molecular flexibility index (Phi) is 5.96. The first kappa shape index (κ1) is 21.1. The number of benzene rings is 2. The summed E-state index contributed by atoms with van der Waals surface area (Å²) in [5, 5.41) is 0. The molecule has 3 aliphatic rings. The minimum atomic E-state index is 0.192. The Morgan fingerprint density at radius 1 is 1.06 bits per heavy atom. The van der Waals surface area contributed by atoms with Gasteiger partial charge >= 0.3 is 0 Å². The second-order valence-electron chi connectivity index (χ2n) is 9.21. The molecular weight excluding hydrogens is 404 g/mol. The smallest absolute Gasteiger partial charge is 0.236 e. The summed E-state index contributed by atoms with van der Waals surface area (Å²) in [4.78, 5) is 17.5. The summed E-state index contributed by atoms with van der Waals surface area (Å²) < 4.78 is 16.4. The van der Waals surface area contributed by atoms with Gasteiger partial charge in [0.2, 0.25) is 12.7 Å². The van der Waals surface area contributed by atoms with Crippen LogP contribution in [0.15, 0.2) is 42.5 Å². The third-order valence-corrected chi connectivity index (χ3v) is 7.38. The Balaban J connectivity index is 1.37. The molecule has 1 saturated heterocycles. The fourth-order valence-electron chi connectivity index (χ4n) is 5.44. The second-order valence-corrected chi connectivity index (χ2v) is 9.21. The molecule has 0 unspecified atom stereocenters. The molecule has 0 aromatic heterocycles. The van der Waals surface area contributed by atoms with E-state index in [0.29, 0.717) is 18.5 Å². The van der Waals surface area contributed by atoms with Crippen LogP contribution in [-0.4, -0.2) is 55.8 Å². The third-order valence-electron chi connectivity index (χ3n) is 7.38. The van der Waals surface area contributed by atoms with Crippen molar-refractivity contribution in [3.63, 3.8) is 0 Å². The number of hydrogen-bond donors (Lipinski definition) is 0. The summed E-state index contributed by atoms with van der Waals surface area (Å²) >= 11 is 0. The van der Waals surface area contributed by atoms with E-state index in [1.165, 1.54) is 24.0 Å². The van der Waals surface area contributed by atoms with Gasteiger partial charge in [0.25, 0.3) is 0 Å². The van der Waals surface area contributed by atoms with E-state index >= 15 is 0 Å². The molecule has 0 N–H and O–H groups in total. The summed E-state index contributed by atoms with van der Waals surface area (Å²) in [6.45, 7) is 1.58. The number of carbonyl (C=O) groups excluding carboxylic acids is 1. The normalized spacial score (nSPS) is 22.9. The van der Waals surface area contributed by atoms with Crippen LogP contribution in [0.25, 0.3) is 0 Å². The monoisotopic (exact) mass is 436 g/mol. The molecule has 6 heteroatoms. The van der Waals surface area contributed by atoms with Crippen LogP contribution in [0.1, 0.15) is 55.2 Å². The van der Waals surface area contributed by atoms with E-state index < -0.39 is 0 Å². The van der Waals surface area contributed by atoms with E-state index in [2.05, 4.69) is 29.2 Å². The molecular formula is C26H32N2O4. The average Bonchev–Trinajstić information content (AvgIpc) is 3.59. The van der Waals surface area contributed by atoms with E-state index in [4.69, 9.17) is 14.2 Å². The molecule has 2 atom stereocenters. The molecule has 2 aliphatic heterocycles. The van der Waals surface area contributed by atoms with E-state index in [0.717, 1.165) is 43.1 Å².